The van der Waals surface area contributed by atoms with E-state index in [1.807, 2.05) is 32.9 Å². The first-order valence-electron chi connectivity index (χ1n) is 8.22. The topological polar surface area (TPSA) is 74.7 Å². The van der Waals surface area contributed by atoms with Crippen molar-refractivity contribution < 1.29 is 19.5 Å². The zero-order chi connectivity index (χ0) is 18.3. The molecule has 1 aliphatic heterocycles. The number of aryl methyl sites for hydroxylation is 2. The summed E-state index contributed by atoms with van der Waals surface area (Å²) in [7, 11) is 0. The van der Waals surface area contributed by atoms with Crippen LogP contribution in [0.1, 0.15) is 61.1 Å². The first-order chi connectivity index (χ1) is 11.9. The summed E-state index contributed by atoms with van der Waals surface area (Å²) in [5.41, 5.74) is 3.36. The van der Waals surface area contributed by atoms with Gasteiger partial charge >= 0.3 is 5.97 Å². The van der Waals surface area contributed by atoms with E-state index in [2.05, 4.69) is 0 Å². The first-order valence-corrected chi connectivity index (χ1v) is 8.22. The number of fused-ring (bicyclic) bond motifs is 1. The number of amides is 2. The summed E-state index contributed by atoms with van der Waals surface area (Å²) in [4.78, 5) is 38.5. The maximum absolute atomic E-state index is 13.0. The molecule has 0 saturated heterocycles. The molecule has 0 unspecified atom stereocenters. The second-order valence-corrected chi connectivity index (χ2v) is 6.26. The number of anilines is 1. The molecule has 1 aliphatic rings. The second-order valence-electron chi connectivity index (χ2n) is 6.26. The fraction of sp³-hybridized carbons (Fsp3) is 0.250. The lowest BCUT2D eigenvalue weighted by Crippen LogP contribution is -2.31. The number of carboxylic acids is 1. The number of carbonyl (C=O) groups is 3. The van der Waals surface area contributed by atoms with E-state index in [0.29, 0.717) is 5.69 Å². The molecule has 25 heavy (non-hydrogen) atoms. The van der Waals surface area contributed by atoms with Crippen LogP contribution in [0.4, 0.5) is 5.69 Å². The van der Waals surface area contributed by atoms with E-state index in [9.17, 15) is 19.5 Å². The summed E-state index contributed by atoms with van der Waals surface area (Å²) in [6.07, 6.45) is 1.61. The molecule has 0 radical (unpaired) electrons. The largest absolute Gasteiger partial charge is 0.478 e. The lowest BCUT2D eigenvalue weighted by Gasteiger charge is -2.22. The van der Waals surface area contributed by atoms with Gasteiger partial charge in [-0.3, -0.25) is 9.59 Å². The summed E-state index contributed by atoms with van der Waals surface area (Å²) in [5, 5.41) is 9.37. The SMILES string of the molecule is CCCc1c(C)ccc(C)c1N1C(=O)c2cccc(C(=O)O)c2C1=O. The normalized spacial score (nSPS) is 13.3. The molecule has 2 amide bonds. The van der Waals surface area contributed by atoms with Gasteiger partial charge in [-0.25, -0.2) is 9.69 Å². The van der Waals surface area contributed by atoms with Crippen LogP contribution in [0.3, 0.4) is 0 Å². The molecule has 128 valence electrons. The van der Waals surface area contributed by atoms with Crippen LogP contribution in [-0.2, 0) is 6.42 Å². The Bertz CT molecular complexity index is 914. The standard InChI is InChI=1S/C20H19NO4/c1-4-6-13-11(2)9-10-12(3)17(13)21-18(22)14-7-5-8-15(20(24)25)16(14)19(21)23/h5,7-10H,4,6H2,1-3H3,(H,24,25). The molecule has 0 fully saturated rings. The van der Waals surface area contributed by atoms with Gasteiger partial charge in [-0.05, 0) is 49.1 Å². The average molecular weight is 337 g/mol. The lowest BCUT2D eigenvalue weighted by atomic mass is 9.97. The van der Waals surface area contributed by atoms with Gasteiger partial charge in [0.1, 0.15) is 0 Å². The van der Waals surface area contributed by atoms with Crippen LogP contribution in [-0.4, -0.2) is 22.9 Å². The number of hydrogen-bond donors (Lipinski definition) is 1. The predicted molar refractivity (Wildman–Crippen MR) is 94.5 cm³/mol. The fourth-order valence-electron chi connectivity index (χ4n) is 3.40. The van der Waals surface area contributed by atoms with Gasteiger partial charge in [0, 0.05) is 0 Å². The summed E-state index contributed by atoms with van der Waals surface area (Å²) >= 11 is 0. The number of benzene rings is 2. The number of hydrogen-bond acceptors (Lipinski definition) is 3. The average Bonchev–Trinajstić information content (AvgIpc) is 2.83. The van der Waals surface area contributed by atoms with Gasteiger partial charge in [0.15, 0.2) is 0 Å². The van der Waals surface area contributed by atoms with Gasteiger partial charge in [-0.2, -0.15) is 0 Å². The van der Waals surface area contributed by atoms with E-state index in [4.69, 9.17) is 0 Å². The Hall–Kier alpha value is -2.95. The molecular weight excluding hydrogens is 318 g/mol. The Morgan fingerprint density at radius 1 is 1.04 bits per heavy atom. The molecule has 0 saturated carbocycles. The van der Waals surface area contributed by atoms with Crippen molar-refractivity contribution in [2.45, 2.75) is 33.6 Å². The van der Waals surface area contributed by atoms with Crippen molar-refractivity contribution in [3.8, 4) is 0 Å². The number of nitrogens with zero attached hydrogens (tertiary/aromatic N) is 1. The third kappa shape index (κ3) is 2.52. The number of rotatable bonds is 4. The van der Waals surface area contributed by atoms with Crippen molar-refractivity contribution in [2.24, 2.45) is 0 Å². The number of carbonyl (C=O) groups excluding carboxylic acids is 2. The van der Waals surface area contributed by atoms with Crippen LogP contribution in [0.2, 0.25) is 0 Å². The molecule has 5 nitrogen and oxygen atoms in total. The molecule has 1 N–H and O–H groups in total. The highest BCUT2D eigenvalue weighted by atomic mass is 16.4. The number of imide groups is 1. The molecule has 3 rings (SSSR count). The third-order valence-electron chi connectivity index (χ3n) is 4.59. The highest BCUT2D eigenvalue weighted by Gasteiger charge is 2.41. The molecule has 0 aliphatic carbocycles. The molecule has 0 spiro atoms. The van der Waals surface area contributed by atoms with Gasteiger partial charge in [-0.15, -0.1) is 0 Å². The maximum atomic E-state index is 13.0. The molecular formula is C20H19NO4. The first kappa shape index (κ1) is 16.9. The van der Waals surface area contributed by atoms with Crippen molar-refractivity contribution in [1.29, 1.82) is 0 Å². The maximum Gasteiger partial charge on any atom is 0.336 e. The van der Waals surface area contributed by atoms with Crippen LogP contribution < -0.4 is 4.90 Å². The van der Waals surface area contributed by atoms with Crippen molar-refractivity contribution in [1.82, 2.24) is 0 Å². The van der Waals surface area contributed by atoms with Crippen LogP contribution >= 0.6 is 0 Å². The van der Waals surface area contributed by atoms with Crippen molar-refractivity contribution in [3.05, 3.63) is 63.7 Å². The van der Waals surface area contributed by atoms with Gasteiger partial charge in [0.05, 0.1) is 22.4 Å². The molecule has 0 aromatic heterocycles. The highest BCUT2D eigenvalue weighted by molar-refractivity contribution is 6.36. The van der Waals surface area contributed by atoms with Gasteiger partial charge in [0.25, 0.3) is 11.8 Å². The minimum absolute atomic E-state index is 0.0247. The Kier molecular flexibility index (Phi) is 4.17. The molecule has 5 heteroatoms. The van der Waals surface area contributed by atoms with E-state index in [1.54, 1.807) is 0 Å². The Morgan fingerprint density at radius 3 is 2.36 bits per heavy atom. The van der Waals surface area contributed by atoms with E-state index in [1.165, 1.54) is 18.2 Å². The quantitative estimate of drug-likeness (QED) is 0.862. The third-order valence-corrected chi connectivity index (χ3v) is 4.59. The zero-order valence-electron chi connectivity index (χ0n) is 14.4. The summed E-state index contributed by atoms with van der Waals surface area (Å²) in [5.74, 6) is -2.24. The van der Waals surface area contributed by atoms with Crippen molar-refractivity contribution in [2.75, 3.05) is 4.90 Å². The van der Waals surface area contributed by atoms with Gasteiger partial charge in [0.2, 0.25) is 0 Å². The molecule has 1 heterocycles. The lowest BCUT2D eigenvalue weighted by molar-refractivity contribution is 0.0692. The van der Waals surface area contributed by atoms with Crippen LogP contribution in [0, 0.1) is 13.8 Å². The molecule has 0 bridgehead atoms. The second kappa shape index (κ2) is 6.16. The predicted octanol–water partition coefficient (Wildman–Crippen LogP) is 3.75. The number of carboxylic acid groups (broad SMARTS) is 1. The summed E-state index contributed by atoms with van der Waals surface area (Å²) in [6.45, 7) is 5.85. The van der Waals surface area contributed by atoms with Crippen molar-refractivity contribution >= 4 is 23.5 Å². The Morgan fingerprint density at radius 2 is 1.72 bits per heavy atom. The monoisotopic (exact) mass is 337 g/mol. The minimum atomic E-state index is -1.21. The Balaban J connectivity index is 2.24. The Labute approximate surface area is 145 Å². The van der Waals surface area contributed by atoms with E-state index >= 15 is 0 Å². The van der Waals surface area contributed by atoms with Crippen LogP contribution in [0.5, 0.6) is 0 Å². The number of aromatic carboxylic acids is 1. The van der Waals surface area contributed by atoms with E-state index in [0.717, 1.165) is 34.4 Å². The van der Waals surface area contributed by atoms with E-state index < -0.39 is 17.8 Å². The smallest absolute Gasteiger partial charge is 0.336 e. The van der Waals surface area contributed by atoms with Crippen LogP contribution in [0.25, 0.3) is 0 Å². The fourth-order valence-corrected chi connectivity index (χ4v) is 3.40. The molecule has 2 aromatic rings. The van der Waals surface area contributed by atoms with Crippen molar-refractivity contribution in [3.63, 3.8) is 0 Å². The minimum Gasteiger partial charge on any atom is -0.478 e. The summed E-state index contributed by atoms with van der Waals surface area (Å²) in [6, 6.07) is 8.21. The van der Waals surface area contributed by atoms with E-state index in [-0.39, 0.29) is 16.7 Å². The van der Waals surface area contributed by atoms with Gasteiger partial charge in [-0.1, -0.05) is 31.5 Å². The molecule has 2 aromatic carbocycles. The van der Waals surface area contributed by atoms with Gasteiger partial charge < -0.3 is 5.11 Å². The molecule has 0 atom stereocenters. The van der Waals surface area contributed by atoms with Crippen LogP contribution in [0.15, 0.2) is 30.3 Å². The summed E-state index contributed by atoms with van der Waals surface area (Å²) < 4.78 is 0. The highest BCUT2D eigenvalue weighted by Crippen LogP contribution is 2.36. The zero-order valence-corrected chi connectivity index (χ0v) is 14.4.